The van der Waals surface area contributed by atoms with Crippen LogP contribution in [0.4, 0.5) is 11.4 Å². The summed E-state index contributed by atoms with van der Waals surface area (Å²) in [6.07, 6.45) is 0. The molecule has 0 spiro atoms. The Morgan fingerprint density at radius 3 is 2.43 bits per heavy atom. The minimum atomic E-state index is -0.134. The van der Waals surface area contributed by atoms with Gasteiger partial charge in [0.05, 0.1) is 13.7 Å². The lowest BCUT2D eigenvalue weighted by molar-refractivity contribution is -0.114. The molecule has 4 nitrogen and oxygen atoms in total. The van der Waals surface area contributed by atoms with E-state index in [0.29, 0.717) is 10.7 Å². The van der Waals surface area contributed by atoms with Crippen molar-refractivity contribution in [1.82, 2.24) is 0 Å². The molecule has 21 heavy (non-hydrogen) atoms. The van der Waals surface area contributed by atoms with Gasteiger partial charge < -0.3 is 15.4 Å². The summed E-state index contributed by atoms with van der Waals surface area (Å²) >= 11 is 6.02. The van der Waals surface area contributed by atoms with Crippen LogP contribution in [0, 0.1) is 6.92 Å². The lowest BCUT2D eigenvalue weighted by Gasteiger charge is -2.09. The summed E-state index contributed by atoms with van der Waals surface area (Å²) in [4.78, 5) is 11.9. The average molecular weight is 305 g/mol. The fourth-order valence-corrected chi connectivity index (χ4v) is 1.95. The largest absolute Gasteiger partial charge is 0.497 e. The Balaban J connectivity index is 1.87. The van der Waals surface area contributed by atoms with Crippen LogP contribution in [-0.4, -0.2) is 19.6 Å². The first-order valence-corrected chi connectivity index (χ1v) is 6.90. The van der Waals surface area contributed by atoms with Crippen LogP contribution in [-0.2, 0) is 4.79 Å². The number of hydrogen-bond donors (Lipinski definition) is 2. The van der Waals surface area contributed by atoms with Gasteiger partial charge in [0.1, 0.15) is 5.75 Å². The first-order chi connectivity index (χ1) is 10.1. The van der Waals surface area contributed by atoms with Gasteiger partial charge in [-0.05, 0) is 48.9 Å². The van der Waals surface area contributed by atoms with Crippen LogP contribution in [0.5, 0.6) is 5.75 Å². The molecule has 0 aromatic heterocycles. The van der Waals surface area contributed by atoms with Gasteiger partial charge in [-0.15, -0.1) is 0 Å². The van der Waals surface area contributed by atoms with E-state index in [1.165, 1.54) is 0 Å². The number of aryl methyl sites for hydroxylation is 1. The highest BCUT2D eigenvalue weighted by molar-refractivity contribution is 6.31. The number of nitrogens with one attached hydrogen (secondary N) is 2. The zero-order valence-electron chi connectivity index (χ0n) is 11.9. The second-order valence-corrected chi connectivity index (χ2v) is 5.00. The fraction of sp³-hybridized carbons (Fsp3) is 0.188. The number of anilines is 2. The van der Waals surface area contributed by atoms with Crippen molar-refractivity contribution in [2.24, 2.45) is 0 Å². The van der Waals surface area contributed by atoms with Crippen LogP contribution in [0.2, 0.25) is 5.02 Å². The minimum Gasteiger partial charge on any atom is -0.497 e. The Hall–Kier alpha value is -2.20. The van der Waals surface area contributed by atoms with Crippen molar-refractivity contribution in [1.29, 1.82) is 0 Å². The monoisotopic (exact) mass is 304 g/mol. The number of carbonyl (C=O) groups is 1. The van der Waals surface area contributed by atoms with Crippen molar-refractivity contribution in [2.45, 2.75) is 6.92 Å². The number of carbonyl (C=O) groups excluding carboxylic acids is 1. The second-order valence-electron chi connectivity index (χ2n) is 4.59. The van der Waals surface area contributed by atoms with Crippen molar-refractivity contribution in [3.8, 4) is 5.75 Å². The normalized spacial score (nSPS) is 10.0. The molecule has 0 saturated carbocycles. The minimum absolute atomic E-state index is 0.134. The number of ether oxygens (including phenoxy) is 1. The van der Waals surface area contributed by atoms with E-state index in [1.54, 1.807) is 13.2 Å². The molecule has 5 heteroatoms. The molecule has 0 saturated heterocycles. The Labute approximate surface area is 129 Å². The van der Waals surface area contributed by atoms with Crippen LogP contribution < -0.4 is 15.4 Å². The highest BCUT2D eigenvalue weighted by atomic mass is 35.5. The van der Waals surface area contributed by atoms with Crippen LogP contribution in [0.3, 0.4) is 0 Å². The molecule has 2 rings (SSSR count). The molecule has 0 atom stereocenters. The maximum atomic E-state index is 11.9. The van der Waals surface area contributed by atoms with E-state index in [-0.39, 0.29) is 12.5 Å². The molecule has 0 radical (unpaired) electrons. The SMILES string of the molecule is COc1ccc(NCC(=O)Nc2ccc(C)c(Cl)c2)cc1. The highest BCUT2D eigenvalue weighted by Crippen LogP contribution is 2.20. The van der Waals surface area contributed by atoms with Crippen molar-refractivity contribution in [3.63, 3.8) is 0 Å². The topological polar surface area (TPSA) is 50.4 Å². The van der Waals surface area contributed by atoms with Crippen LogP contribution in [0.25, 0.3) is 0 Å². The molecule has 0 bridgehead atoms. The number of halogens is 1. The molecule has 0 fully saturated rings. The predicted octanol–water partition coefficient (Wildman–Crippen LogP) is 3.71. The molecule has 0 unspecified atom stereocenters. The Bertz CT molecular complexity index is 627. The summed E-state index contributed by atoms with van der Waals surface area (Å²) in [6.45, 7) is 2.09. The second kappa shape index (κ2) is 6.99. The van der Waals surface area contributed by atoms with Gasteiger partial charge in [-0.25, -0.2) is 0 Å². The maximum absolute atomic E-state index is 11.9. The summed E-state index contributed by atoms with van der Waals surface area (Å²) in [5, 5.41) is 6.47. The van der Waals surface area contributed by atoms with Gasteiger partial charge in [0.2, 0.25) is 5.91 Å². The van der Waals surface area contributed by atoms with Crippen molar-refractivity contribution < 1.29 is 9.53 Å². The van der Waals surface area contributed by atoms with Crippen molar-refractivity contribution >= 4 is 28.9 Å². The van der Waals surface area contributed by atoms with Crippen molar-refractivity contribution in [2.75, 3.05) is 24.3 Å². The molecule has 2 aromatic rings. The van der Waals surface area contributed by atoms with Gasteiger partial charge in [-0.1, -0.05) is 17.7 Å². The Kier molecular flexibility index (Phi) is 5.06. The van der Waals surface area contributed by atoms with E-state index < -0.39 is 0 Å². The first-order valence-electron chi connectivity index (χ1n) is 6.52. The number of methoxy groups -OCH3 is 1. The predicted molar refractivity (Wildman–Crippen MR) is 86.3 cm³/mol. The third kappa shape index (κ3) is 4.39. The highest BCUT2D eigenvalue weighted by Gasteiger charge is 2.04. The smallest absolute Gasteiger partial charge is 0.243 e. The van der Waals surface area contributed by atoms with Gasteiger partial charge in [0.15, 0.2) is 0 Å². The zero-order valence-corrected chi connectivity index (χ0v) is 12.7. The van der Waals surface area contributed by atoms with E-state index in [2.05, 4.69) is 10.6 Å². The van der Waals surface area contributed by atoms with E-state index in [1.807, 2.05) is 43.3 Å². The molecular weight excluding hydrogens is 288 g/mol. The molecule has 0 aliphatic carbocycles. The third-order valence-electron chi connectivity index (χ3n) is 3.00. The molecule has 2 N–H and O–H groups in total. The molecule has 1 amide bonds. The third-order valence-corrected chi connectivity index (χ3v) is 3.41. The van der Waals surface area contributed by atoms with E-state index in [4.69, 9.17) is 16.3 Å². The van der Waals surface area contributed by atoms with E-state index in [9.17, 15) is 4.79 Å². The lowest BCUT2D eigenvalue weighted by atomic mass is 10.2. The van der Waals surface area contributed by atoms with E-state index >= 15 is 0 Å². The molecule has 0 aliphatic heterocycles. The van der Waals surface area contributed by atoms with Crippen LogP contribution in [0.15, 0.2) is 42.5 Å². The molecule has 0 aliphatic rings. The van der Waals surface area contributed by atoms with E-state index in [0.717, 1.165) is 17.0 Å². The zero-order chi connectivity index (χ0) is 15.2. The standard InChI is InChI=1S/C16H17ClN2O2/c1-11-3-4-13(9-15(11)17)19-16(20)10-18-12-5-7-14(21-2)8-6-12/h3-9,18H,10H2,1-2H3,(H,19,20). The summed E-state index contributed by atoms with van der Waals surface area (Å²) < 4.78 is 5.08. The average Bonchev–Trinajstić information content (AvgIpc) is 2.49. The number of amides is 1. The van der Waals surface area contributed by atoms with Gasteiger partial charge in [-0.3, -0.25) is 4.79 Å². The number of benzene rings is 2. The van der Waals surface area contributed by atoms with Gasteiger partial charge in [0.25, 0.3) is 0 Å². The maximum Gasteiger partial charge on any atom is 0.243 e. The summed E-state index contributed by atoms with van der Waals surface area (Å²) in [6, 6.07) is 12.8. The summed E-state index contributed by atoms with van der Waals surface area (Å²) in [5.74, 6) is 0.644. The summed E-state index contributed by atoms with van der Waals surface area (Å²) in [7, 11) is 1.61. The molecule has 2 aromatic carbocycles. The molecule has 110 valence electrons. The van der Waals surface area contributed by atoms with Gasteiger partial charge in [0, 0.05) is 16.4 Å². The summed E-state index contributed by atoms with van der Waals surface area (Å²) in [5.41, 5.74) is 2.52. The quantitative estimate of drug-likeness (QED) is 0.885. The first kappa shape index (κ1) is 15.2. The van der Waals surface area contributed by atoms with Crippen molar-refractivity contribution in [3.05, 3.63) is 53.1 Å². The Morgan fingerprint density at radius 2 is 1.81 bits per heavy atom. The van der Waals surface area contributed by atoms with Gasteiger partial charge >= 0.3 is 0 Å². The van der Waals surface area contributed by atoms with Crippen LogP contribution >= 0.6 is 11.6 Å². The number of rotatable bonds is 5. The molecule has 0 heterocycles. The lowest BCUT2D eigenvalue weighted by Crippen LogP contribution is -2.21. The fourth-order valence-electron chi connectivity index (χ4n) is 1.77. The Morgan fingerprint density at radius 1 is 1.14 bits per heavy atom. The number of hydrogen-bond acceptors (Lipinski definition) is 3. The molecular formula is C16H17ClN2O2. The van der Waals surface area contributed by atoms with Crippen LogP contribution in [0.1, 0.15) is 5.56 Å². The van der Waals surface area contributed by atoms with Gasteiger partial charge in [-0.2, -0.15) is 0 Å².